The summed E-state index contributed by atoms with van der Waals surface area (Å²) < 4.78 is 4.52. The monoisotopic (exact) mass is 120 g/mol. The lowest BCUT2D eigenvalue weighted by atomic mass is 10.6. The molecule has 0 amide bonds. The van der Waals surface area contributed by atoms with Crippen LogP contribution >= 0.6 is 0 Å². The average molecular weight is 120 g/mol. The smallest absolute Gasteiger partial charge is 0.158 e. The van der Waals surface area contributed by atoms with Crippen LogP contribution in [-0.2, 0) is 9.84 Å². The third kappa shape index (κ3) is 2.23. The summed E-state index contributed by atoms with van der Waals surface area (Å²) in [6.45, 7) is -0.455. The van der Waals surface area contributed by atoms with Gasteiger partial charge >= 0.3 is 0 Å². The van der Waals surface area contributed by atoms with E-state index < -0.39 is 12.8 Å². The summed E-state index contributed by atoms with van der Waals surface area (Å²) in [5.74, 6) is 0. The number of methoxy groups -OCH3 is 1. The summed E-state index contributed by atoms with van der Waals surface area (Å²) in [5, 5.41) is 19.2. The molecule has 0 aromatic heterocycles. The van der Waals surface area contributed by atoms with E-state index in [9.17, 15) is 5.11 Å². The first kappa shape index (κ1) is 7.84. The highest BCUT2D eigenvalue weighted by Crippen LogP contribution is 1.89. The van der Waals surface area contributed by atoms with E-state index >= 15 is 0 Å². The Kier molecular flexibility index (Phi) is 3.72. The van der Waals surface area contributed by atoms with E-state index in [4.69, 9.17) is 5.21 Å². The Labute approximate surface area is 48.2 Å². The minimum atomic E-state index is -0.713. The van der Waals surface area contributed by atoms with Gasteiger partial charge in [-0.1, -0.05) is 0 Å². The number of hydrogen-bond acceptors (Lipinski definition) is 3. The van der Waals surface area contributed by atoms with Crippen molar-refractivity contribution >= 4 is 0 Å². The zero-order chi connectivity index (χ0) is 6.57. The molecule has 0 aliphatic heterocycles. The van der Waals surface area contributed by atoms with Gasteiger partial charge in [0.25, 0.3) is 0 Å². The number of ether oxygens (including phenoxy) is 1. The number of hydroxylamine groups is 2. The molecule has 0 saturated carbocycles. The Morgan fingerprint density at radius 2 is 2.38 bits per heavy atom. The maximum atomic E-state index is 9.98. The maximum Gasteiger partial charge on any atom is 0.158 e. The van der Waals surface area contributed by atoms with Crippen LogP contribution in [0.1, 0.15) is 0 Å². The SMILES string of the molecule is COC(C[O])N(C)O. The first-order chi connectivity index (χ1) is 3.72. The molecule has 4 heteroatoms. The van der Waals surface area contributed by atoms with E-state index in [0.717, 1.165) is 5.06 Å². The van der Waals surface area contributed by atoms with Gasteiger partial charge in [0.1, 0.15) is 6.61 Å². The van der Waals surface area contributed by atoms with Gasteiger partial charge in [0.05, 0.1) is 0 Å². The Bertz CT molecular complexity index is 53.2. The number of hydrogen-bond donors (Lipinski definition) is 1. The molecule has 0 heterocycles. The number of rotatable bonds is 3. The molecule has 0 aliphatic carbocycles. The molecule has 1 atom stereocenters. The van der Waals surface area contributed by atoms with Gasteiger partial charge in [-0.25, -0.2) is 5.11 Å². The van der Waals surface area contributed by atoms with Crippen molar-refractivity contribution in [2.24, 2.45) is 0 Å². The van der Waals surface area contributed by atoms with Crippen molar-refractivity contribution in [3.05, 3.63) is 0 Å². The quantitative estimate of drug-likeness (QED) is 0.411. The van der Waals surface area contributed by atoms with Crippen LogP contribution in [0.5, 0.6) is 0 Å². The zero-order valence-corrected chi connectivity index (χ0v) is 5.00. The highest BCUT2D eigenvalue weighted by molar-refractivity contribution is 4.41. The average Bonchev–Trinajstić information content (AvgIpc) is 1.69. The third-order valence-electron chi connectivity index (χ3n) is 0.831. The van der Waals surface area contributed by atoms with Crippen LogP contribution in [0.2, 0.25) is 0 Å². The third-order valence-corrected chi connectivity index (χ3v) is 0.831. The molecule has 0 saturated heterocycles. The fourth-order valence-corrected chi connectivity index (χ4v) is 0.328. The lowest BCUT2D eigenvalue weighted by molar-refractivity contribution is -0.207. The van der Waals surface area contributed by atoms with Gasteiger partial charge < -0.3 is 9.94 Å². The van der Waals surface area contributed by atoms with Gasteiger partial charge in [-0.3, -0.25) is 0 Å². The second-order valence-electron chi connectivity index (χ2n) is 1.43. The Morgan fingerprint density at radius 3 is 2.38 bits per heavy atom. The number of nitrogens with zero attached hydrogens (tertiary/aromatic N) is 1. The minimum Gasteiger partial charge on any atom is -0.362 e. The molecule has 0 aliphatic rings. The summed E-state index contributed by atoms with van der Waals surface area (Å²) in [5.41, 5.74) is 0. The first-order valence-electron chi connectivity index (χ1n) is 2.25. The van der Waals surface area contributed by atoms with Crippen molar-refractivity contribution in [2.75, 3.05) is 20.8 Å². The molecule has 0 spiro atoms. The van der Waals surface area contributed by atoms with Gasteiger partial charge in [-0.2, -0.15) is 5.06 Å². The highest BCUT2D eigenvalue weighted by Gasteiger charge is 2.08. The molecule has 49 valence electrons. The largest absolute Gasteiger partial charge is 0.362 e. The van der Waals surface area contributed by atoms with E-state index in [1.165, 1.54) is 14.2 Å². The van der Waals surface area contributed by atoms with Crippen molar-refractivity contribution in [1.82, 2.24) is 5.06 Å². The van der Waals surface area contributed by atoms with E-state index in [2.05, 4.69) is 4.74 Å². The molecular weight excluding hydrogens is 110 g/mol. The summed E-state index contributed by atoms with van der Waals surface area (Å²) >= 11 is 0. The molecule has 0 aromatic carbocycles. The van der Waals surface area contributed by atoms with Crippen molar-refractivity contribution < 1.29 is 15.1 Å². The second-order valence-corrected chi connectivity index (χ2v) is 1.43. The van der Waals surface area contributed by atoms with E-state index in [1.807, 2.05) is 0 Å². The van der Waals surface area contributed by atoms with Gasteiger partial charge in [-0.15, -0.1) is 0 Å². The normalized spacial score (nSPS) is 14.6. The van der Waals surface area contributed by atoms with Gasteiger partial charge in [-0.05, 0) is 0 Å². The van der Waals surface area contributed by atoms with Crippen molar-refractivity contribution in [3.8, 4) is 0 Å². The molecule has 0 aromatic rings. The highest BCUT2D eigenvalue weighted by atomic mass is 16.6. The van der Waals surface area contributed by atoms with Crippen LogP contribution in [0.25, 0.3) is 0 Å². The second kappa shape index (κ2) is 3.80. The van der Waals surface area contributed by atoms with E-state index in [0.29, 0.717) is 0 Å². The van der Waals surface area contributed by atoms with Crippen molar-refractivity contribution in [1.29, 1.82) is 0 Å². The van der Waals surface area contributed by atoms with Gasteiger partial charge in [0.15, 0.2) is 6.23 Å². The van der Waals surface area contributed by atoms with Crippen LogP contribution in [0.15, 0.2) is 0 Å². The lowest BCUT2D eigenvalue weighted by Crippen LogP contribution is -2.32. The Morgan fingerprint density at radius 1 is 1.88 bits per heavy atom. The summed E-state index contributed by atoms with van der Waals surface area (Å²) in [6.07, 6.45) is -0.713. The molecule has 8 heavy (non-hydrogen) atoms. The van der Waals surface area contributed by atoms with Crippen LogP contribution in [0, 0.1) is 0 Å². The number of likely N-dealkylation sites (N-methyl/N-ethyl adjacent to an activating group) is 1. The predicted octanol–water partition coefficient (Wildman–Crippen LogP) is -0.290. The lowest BCUT2D eigenvalue weighted by Gasteiger charge is -2.16. The molecule has 0 fully saturated rings. The molecule has 1 N–H and O–H groups in total. The molecule has 1 radical (unpaired) electrons. The standard InChI is InChI=1S/C4H10NO3/c1-5(7)4(3-6)8-2/h4,7H,3H2,1-2H3. The van der Waals surface area contributed by atoms with Crippen molar-refractivity contribution in [2.45, 2.75) is 6.23 Å². The summed E-state index contributed by atoms with van der Waals surface area (Å²) in [7, 11) is 2.74. The van der Waals surface area contributed by atoms with Crippen LogP contribution in [-0.4, -0.2) is 37.3 Å². The van der Waals surface area contributed by atoms with Crippen LogP contribution < -0.4 is 0 Å². The van der Waals surface area contributed by atoms with Crippen LogP contribution in [0.3, 0.4) is 0 Å². The Balaban J connectivity index is 3.35. The van der Waals surface area contributed by atoms with Crippen molar-refractivity contribution in [3.63, 3.8) is 0 Å². The predicted molar refractivity (Wildman–Crippen MR) is 25.9 cm³/mol. The minimum absolute atomic E-state index is 0.455. The molecule has 0 bridgehead atoms. The Hall–Kier alpha value is -0.160. The molecule has 4 nitrogen and oxygen atoms in total. The zero-order valence-electron chi connectivity index (χ0n) is 5.00. The fourth-order valence-electron chi connectivity index (χ4n) is 0.328. The van der Waals surface area contributed by atoms with Gasteiger partial charge in [0.2, 0.25) is 0 Å². The summed E-state index contributed by atoms with van der Waals surface area (Å²) in [4.78, 5) is 0. The van der Waals surface area contributed by atoms with E-state index in [1.54, 1.807) is 0 Å². The topological polar surface area (TPSA) is 52.6 Å². The molecule has 0 rings (SSSR count). The van der Waals surface area contributed by atoms with Gasteiger partial charge in [0, 0.05) is 14.2 Å². The maximum absolute atomic E-state index is 9.98. The van der Waals surface area contributed by atoms with Crippen LogP contribution in [0.4, 0.5) is 0 Å². The fraction of sp³-hybridized carbons (Fsp3) is 1.00. The summed E-state index contributed by atoms with van der Waals surface area (Å²) in [6, 6.07) is 0. The molecular formula is C4H10NO3. The van der Waals surface area contributed by atoms with E-state index in [-0.39, 0.29) is 0 Å². The first-order valence-corrected chi connectivity index (χ1v) is 2.25. The molecule has 1 unspecified atom stereocenters.